The lowest BCUT2D eigenvalue weighted by Crippen LogP contribution is -2.34. The second kappa shape index (κ2) is 5.77. The molecule has 0 aliphatic heterocycles. The summed E-state index contributed by atoms with van der Waals surface area (Å²) in [5.41, 5.74) is 0.584. The third kappa shape index (κ3) is 3.53. The molecule has 0 aliphatic rings. The van der Waals surface area contributed by atoms with Gasteiger partial charge in [-0.2, -0.15) is 0 Å². The van der Waals surface area contributed by atoms with Crippen molar-refractivity contribution in [1.82, 2.24) is 0 Å². The molecular weight excluding hydrogens is 242 g/mol. The van der Waals surface area contributed by atoms with Gasteiger partial charge in [-0.25, -0.2) is 4.79 Å². The standard InChI is InChI=1S/C12H16ClNO3/c1-7(2)11(12(15)16)14-9-6-8(13)4-5-10(9)17-3/h4-7,11,14H,1-3H3,(H,15,16). The summed E-state index contributed by atoms with van der Waals surface area (Å²) >= 11 is 5.87. The van der Waals surface area contributed by atoms with E-state index in [1.165, 1.54) is 7.11 Å². The minimum atomic E-state index is -0.901. The van der Waals surface area contributed by atoms with Crippen molar-refractivity contribution >= 4 is 23.3 Å². The monoisotopic (exact) mass is 257 g/mol. The Balaban J connectivity index is 2.99. The lowest BCUT2D eigenvalue weighted by atomic mass is 10.0. The number of carboxylic acid groups (broad SMARTS) is 1. The van der Waals surface area contributed by atoms with E-state index in [1.54, 1.807) is 18.2 Å². The summed E-state index contributed by atoms with van der Waals surface area (Å²) in [5.74, 6) is -0.375. The largest absolute Gasteiger partial charge is 0.495 e. The summed E-state index contributed by atoms with van der Waals surface area (Å²) in [7, 11) is 1.53. The summed E-state index contributed by atoms with van der Waals surface area (Å²) in [5, 5.41) is 12.6. The Kier molecular flexibility index (Phi) is 4.63. The number of carbonyl (C=O) groups is 1. The van der Waals surface area contributed by atoms with Crippen LogP contribution in [-0.2, 0) is 4.79 Å². The maximum Gasteiger partial charge on any atom is 0.326 e. The van der Waals surface area contributed by atoms with E-state index in [0.29, 0.717) is 16.5 Å². The molecule has 0 heterocycles. The summed E-state index contributed by atoms with van der Waals surface area (Å²) in [4.78, 5) is 11.1. The molecule has 1 atom stereocenters. The third-order valence-corrected chi connectivity index (χ3v) is 2.64. The van der Waals surface area contributed by atoms with Crippen LogP contribution in [0.15, 0.2) is 18.2 Å². The van der Waals surface area contributed by atoms with Crippen LogP contribution in [0, 0.1) is 5.92 Å². The highest BCUT2D eigenvalue weighted by atomic mass is 35.5. The van der Waals surface area contributed by atoms with Gasteiger partial charge in [0.05, 0.1) is 12.8 Å². The highest BCUT2D eigenvalue weighted by Crippen LogP contribution is 2.29. The first-order valence-electron chi connectivity index (χ1n) is 5.28. The average Bonchev–Trinajstić information content (AvgIpc) is 2.25. The molecule has 0 fully saturated rings. The van der Waals surface area contributed by atoms with Gasteiger partial charge in [0.2, 0.25) is 0 Å². The van der Waals surface area contributed by atoms with Gasteiger partial charge >= 0.3 is 5.97 Å². The number of hydrogen-bond donors (Lipinski definition) is 2. The topological polar surface area (TPSA) is 58.6 Å². The Morgan fingerprint density at radius 1 is 1.47 bits per heavy atom. The number of nitrogens with one attached hydrogen (secondary N) is 1. The number of benzene rings is 1. The van der Waals surface area contributed by atoms with Crippen molar-refractivity contribution < 1.29 is 14.6 Å². The molecule has 0 amide bonds. The first kappa shape index (κ1) is 13.6. The highest BCUT2D eigenvalue weighted by molar-refractivity contribution is 6.30. The number of aliphatic carboxylic acids is 1. The normalized spacial score (nSPS) is 12.3. The molecule has 0 spiro atoms. The molecule has 2 N–H and O–H groups in total. The van der Waals surface area contributed by atoms with Gasteiger partial charge in [-0.1, -0.05) is 25.4 Å². The molecule has 1 aromatic rings. The Morgan fingerprint density at radius 2 is 2.12 bits per heavy atom. The predicted molar refractivity (Wildman–Crippen MR) is 67.9 cm³/mol. The van der Waals surface area contributed by atoms with Gasteiger partial charge in [-0.3, -0.25) is 0 Å². The van der Waals surface area contributed by atoms with Crippen molar-refractivity contribution in [3.63, 3.8) is 0 Å². The van der Waals surface area contributed by atoms with E-state index in [0.717, 1.165) is 0 Å². The maximum atomic E-state index is 11.1. The molecule has 17 heavy (non-hydrogen) atoms. The van der Waals surface area contributed by atoms with E-state index in [1.807, 2.05) is 13.8 Å². The molecule has 94 valence electrons. The minimum absolute atomic E-state index is 0.0452. The van der Waals surface area contributed by atoms with E-state index in [9.17, 15) is 4.79 Å². The number of methoxy groups -OCH3 is 1. The Labute approximate surface area is 106 Å². The van der Waals surface area contributed by atoms with Crippen LogP contribution in [0.2, 0.25) is 5.02 Å². The maximum absolute atomic E-state index is 11.1. The van der Waals surface area contributed by atoms with Crippen LogP contribution in [-0.4, -0.2) is 24.2 Å². The lowest BCUT2D eigenvalue weighted by molar-refractivity contribution is -0.138. The summed E-state index contributed by atoms with van der Waals surface area (Å²) in [6.45, 7) is 3.67. The van der Waals surface area contributed by atoms with Crippen LogP contribution in [0.3, 0.4) is 0 Å². The zero-order valence-corrected chi connectivity index (χ0v) is 10.8. The first-order valence-corrected chi connectivity index (χ1v) is 5.66. The number of ether oxygens (including phenoxy) is 1. The molecular formula is C12H16ClNO3. The molecule has 4 nitrogen and oxygen atoms in total. The Morgan fingerprint density at radius 3 is 2.59 bits per heavy atom. The van der Waals surface area contributed by atoms with Gasteiger partial charge < -0.3 is 15.2 Å². The van der Waals surface area contributed by atoms with E-state index < -0.39 is 12.0 Å². The molecule has 1 aromatic carbocycles. The third-order valence-electron chi connectivity index (χ3n) is 2.41. The van der Waals surface area contributed by atoms with Gasteiger partial charge in [0, 0.05) is 5.02 Å². The zero-order chi connectivity index (χ0) is 13.0. The van der Waals surface area contributed by atoms with Crippen molar-refractivity contribution in [2.24, 2.45) is 5.92 Å². The smallest absolute Gasteiger partial charge is 0.326 e. The predicted octanol–water partition coefficient (Wildman–Crippen LogP) is 2.87. The SMILES string of the molecule is COc1ccc(Cl)cc1NC(C(=O)O)C(C)C. The van der Waals surface area contributed by atoms with Gasteiger partial charge in [0.25, 0.3) is 0 Å². The van der Waals surface area contributed by atoms with E-state index in [4.69, 9.17) is 21.4 Å². The number of hydrogen-bond acceptors (Lipinski definition) is 3. The molecule has 1 unspecified atom stereocenters. The summed E-state index contributed by atoms with van der Waals surface area (Å²) in [6, 6.07) is 4.36. The minimum Gasteiger partial charge on any atom is -0.495 e. The van der Waals surface area contributed by atoms with E-state index >= 15 is 0 Å². The molecule has 0 saturated carbocycles. The van der Waals surface area contributed by atoms with Gasteiger partial charge in [-0.15, -0.1) is 0 Å². The van der Waals surface area contributed by atoms with Crippen LogP contribution in [0.1, 0.15) is 13.8 Å². The molecule has 5 heteroatoms. The van der Waals surface area contributed by atoms with Crippen LogP contribution in [0.4, 0.5) is 5.69 Å². The van der Waals surface area contributed by atoms with Crippen molar-refractivity contribution in [3.8, 4) is 5.75 Å². The average molecular weight is 258 g/mol. The van der Waals surface area contributed by atoms with Gasteiger partial charge in [-0.05, 0) is 24.1 Å². The summed E-state index contributed by atoms with van der Waals surface area (Å²) in [6.07, 6.45) is 0. The molecule has 0 aliphatic carbocycles. The van der Waals surface area contributed by atoms with Crippen molar-refractivity contribution in [1.29, 1.82) is 0 Å². The van der Waals surface area contributed by atoms with Crippen molar-refractivity contribution in [2.45, 2.75) is 19.9 Å². The van der Waals surface area contributed by atoms with E-state index in [-0.39, 0.29) is 5.92 Å². The molecule has 0 saturated heterocycles. The second-order valence-electron chi connectivity index (χ2n) is 4.05. The van der Waals surface area contributed by atoms with Crippen molar-refractivity contribution in [3.05, 3.63) is 23.2 Å². The zero-order valence-electron chi connectivity index (χ0n) is 10.0. The molecule has 1 rings (SSSR count). The van der Waals surface area contributed by atoms with Crippen LogP contribution in [0.25, 0.3) is 0 Å². The quantitative estimate of drug-likeness (QED) is 0.852. The fourth-order valence-corrected chi connectivity index (χ4v) is 1.65. The van der Waals surface area contributed by atoms with E-state index in [2.05, 4.69) is 5.32 Å². The molecule has 0 bridgehead atoms. The number of rotatable bonds is 5. The van der Waals surface area contributed by atoms with Crippen LogP contribution >= 0.6 is 11.6 Å². The fraction of sp³-hybridized carbons (Fsp3) is 0.417. The summed E-state index contributed by atoms with van der Waals surface area (Å²) < 4.78 is 5.15. The molecule has 0 aromatic heterocycles. The highest BCUT2D eigenvalue weighted by Gasteiger charge is 2.22. The van der Waals surface area contributed by atoms with Crippen molar-refractivity contribution in [2.75, 3.05) is 12.4 Å². The number of halogens is 1. The molecule has 0 radical (unpaired) electrons. The first-order chi connectivity index (χ1) is 7.95. The van der Waals surface area contributed by atoms with Crippen LogP contribution in [0.5, 0.6) is 5.75 Å². The number of anilines is 1. The fourth-order valence-electron chi connectivity index (χ4n) is 1.47. The Bertz CT molecular complexity index is 407. The second-order valence-corrected chi connectivity index (χ2v) is 4.49. The number of carboxylic acids is 1. The van der Waals surface area contributed by atoms with Gasteiger partial charge in [0.15, 0.2) is 0 Å². The van der Waals surface area contributed by atoms with Crippen LogP contribution < -0.4 is 10.1 Å². The van der Waals surface area contributed by atoms with Gasteiger partial charge in [0.1, 0.15) is 11.8 Å². The lowest BCUT2D eigenvalue weighted by Gasteiger charge is -2.20. The Hall–Kier alpha value is -1.42.